The molecule has 0 bridgehead atoms. The number of rotatable bonds is 3. The van der Waals surface area contributed by atoms with Gasteiger partial charge >= 0.3 is 6.09 Å². The average molecular weight is 366 g/mol. The van der Waals surface area contributed by atoms with E-state index in [0.29, 0.717) is 18.5 Å². The Labute approximate surface area is 159 Å². The van der Waals surface area contributed by atoms with E-state index in [1.54, 1.807) is 17.2 Å². The summed E-state index contributed by atoms with van der Waals surface area (Å²) >= 11 is 0. The molecule has 3 rings (SSSR count). The summed E-state index contributed by atoms with van der Waals surface area (Å²) in [6, 6.07) is 11.1. The zero-order valence-electron chi connectivity index (χ0n) is 15.9. The van der Waals surface area contributed by atoms with Gasteiger partial charge < -0.3 is 15.0 Å². The largest absolute Gasteiger partial charge is 0.444 e. The lowest BCUT2D eigenvalue weighted by atomic mass is 10.0. The monoisotopic (exact) mass is 366 g/mol. The van der Waals surface area contributed by atoms with Gasteiger partial charge in [-0.25, -0.2) is 4.79 Å². The van der Waals surface area contributed by atoms with Gasteiger partial charge in [0.15, 0.2) is 0 Å². The van der Waals surface area contributed by atoms with Gasteiger partial charge in [0.05, 0.1) is 6.20 Å². The number of carbonyl (C=O) groups is 2. The van der Waals surface area contributed by atoms with Gasteiger partial charge in [0, 0.05) is 23.9 Å². The third-order valence-electron chi connectivity index (χ3n) is 4.25. The van der Waals surface area contributed by atoms with Gasteiger partial charge in [-0.1, -0.05) is 24.3 Å². The summed E-state index contributed by atoms with van der Waals surface area (Å²) in [6.45, 7) is 6.02. The quantitative estimate of drug-likeness (QED) is 0.900. The minimum atomic E-state index is -0.583. The van der Waals surface area contributed by atoms with Gasteiger partial charge in [-0.05, 0) is 51.3 Å². The lowest BCUT2D eigenvalue weighted by Crippen LogP contribution is -2.48. The van der Waals surface area contributed by atoms with Gasteiger partial charge in [-0.2, -0.15) is 0 Å². The molecule has 1 radical (unpaired) electrons. The second-order valence-electron chi connectivity index (χ2n) is 7.51. The molecule has 2 heterocycles. The van der Waals surface area contributed by atoms with E-state index in [-0.39, 0.29) is 12.1 Å². The Morgan fingerprint density at radius 2 is 2.00 bits per heavy atom. The molecule has 0 saturated carbocycles. The van der Waals surface area contributed by atoms with Crippen molar-refractivity contribution < 1.29 is 14.3 Å². The van der Waals surface area contributed by atoms with E-state index in [0.717, 1.165) is 17.5 Å². The van der Waals surface area contributed by atoms with Crippen molar-refractivity contribution in [3.8, 4) is 11.1 Å². The Morgan fingerprint density at radius 3 is 2.70 bits per heavy atom. The number of likely N-dealkylation sites (tertiary alicyclic amines) is 1. The van der Waals surface area contributed by atoms with Crippen molar-refractivity contribution in [1.82, 2.24) is 15.2 Å². The highest BCUT2D eigenvalue weighted by Gasteiger charge is 2.32. The molecule has 2 amide bonds. The molecule has 1 aliphatic rings. The first kappa shape index (κ1) is 18.9. The summed E-state index contributed by atoms with van der Waals surface area (Å²) in [7, 11) is 0. The minimum Gasteiger partial charge on any atom is -0.444 e. The molecule has 2 aromatic rings. The molecule has 1 aromatic heterocycles. The molecule has 6 nitrogen and oxygen atoms in total. The van der Waals surface area contributed by atoms with Crippen LogP contribution in [-0.2, 0) is 4.74 Å². The third-order valence-corrected chi connectivity index (χ3v) is 4.25. The molecule has 27 heavy (non-hydrogen) atoms. The second-order valence-corrected chi connectivity index (χ2v) is 7.51. The van der Waals surface area contributed by atoms with Crippen LogP contribution in [0.25, 0.3) is 11.1 Å². The number of benzene rings is 1. The molecule has 1 aliphatic heterocycles. The van der Waals surface area contributed by atoms with Crippen LogP contribution >= 0.6 is 0 Å². The number of carbonyl (C=O) groups excluding carboxylic acids is 2. The van der Waals surface area contributed by atoms with E-state index in [2.05, 4.69) is 16.5 Å². The number of hydrogen-bond acceptors (Lipinski definition) is 4. The van der Waals surface area contributed by atoms with Gasteiger partial charge in [0.1, 0.15) is 11.8 Å². The molecule has 6 heteroatoms. The third kappa shape index (κ3) is 4.64. The highest BCUT2D eigenvalue weighted by atomic mass is 16.6. The number of hydrogen-bond donors (Lipinski definition) is 1. The summed E-state index contributed by atoms with van der Waals surface area (Å²) in [5.74, 6) is -0.124. The van der Waals surface area contributed by atoms with E-state index < -0.39 is 11.7 Å². The molecule has 0 spiro atoms. The minimum absolute atomic E-state index is 0.124. The lowest BCUT2D eigenvalue weighted by molar-refractivity contribution is 0.0433. The fourth-order valence-corrected chi connectivity index (χ4v) is 3.14. The Morgan fingerprint density at radius 1 is 1.22 bits per heavy atom. The first-order chi connectivity index (χ1) is 12.8. The van der Waals surface area contributed by atoms with E-state index >= 15 is 0 Å². The molecule has 141 valence electrons. The Bertz CT molecular complexity index is 815. The zero-order chi connectivity index (χ0) is 19.4. The maximum Gasteiger partial charge on any atom is 0.409 e. The van der Waals surface area contributed by atoms with Crippen LogP contribution in [0.15, 0.2) is 42.6 Å². The molecule has 1 saturated heterocycles. The van der Waals surface area contributed by atoms with Crippen molar-refractivity contribution in [3.05, 3.63) is 54.4 Å². The van der Waals surface area contributed by atoms with Crippen molar-refractivity contribution in [2.24, 2.45) is 0 Å². The fourth-order valence-electron chi connectivity index (χ4n) is 3.14. The van der Waals surface area contributed by atoms with Crippen molar-refractivity contribution in [1.29, 1.82) is 0 Å². The second kappa shape index (κ2) is 7.78. The van der Waals surface area contributed by atoms with Crippen LogP contribution in [0.2, 0.25) is 0 Å². The van der Waals surface area contributed by atoms with Crippen LogP contribution in [0.3, 0.4) is 0 Å². The molecule has 1 aromatic carbocycles. The summed E-state index contributed by atoms with van der Waals surface area (Å²) in [5.41, 5.74) is 1.52. The van der Waals surface area contributed by atoms with E-state index in [9.17, 15) is 9.59 Å². The Hall–Kier alpha value is -2.89. The topological polar surface area (TPSA) is 71.5 Å². The molecular formula is C21H24N3O3. The molecular weight excluding hydrogens is 342 g/mol. The SMILES string of the molecule is CC(C)(C)OC(=O)NC1CCCN1C(=O)c1ccccc1-c1[c]nccc1. The molecule has 0 aliphatic carbocycles. The molecule has 1 N–H and O–H groups in total. The van der Waals surface area contributed by atoms with Gasteiger partial charge in [-0.3, -0.25) is 9.78 Å². The predicted molar refractivity (Wildman–Crippen MR) is 102 cm³/mol. The number of amides is 2. The van der Waals surface area contributed by atoms with Crippen LogP contribution in [-0.4, -0.2) is 40.2 Å². The zero-order valence-corrected chi connectivity index (χ0v) is 15.9. The van der Waals surface area contributed by atoms with E-state index in [1.807, 2.05) is 51.1 Å². The number of ether oxygens (including phenoxy) is 1. The van der Waals surface area contributed by atoms with Gasteiger partial charge in [0.25, 0.3) is 5.91 Å². The summed E-state index contributed by atoms with van der Waals surface area (Å²) in [4.78, 5) is 31.1. The summed E-state index contributed by atoms with van der Waals surface area (Å²) in [6.07, 6.45) is 5.22. The maximum absolute atomic E-state index is 13.2. The van der Waals surface area contributed by atoms with E-state index in [1.165, 1.54) is 0 Å². The predicted octanol–water partition coefficient (Wildman–Crippen LogP) is 3.64. The summed E-state index contributed by atoms with van der Waals surface area (Å²) in [5, 5.41) is 2.82. The standard InChI is InChI=1S/C21H24N3O3/c1-21(2,3)27-20(26)23-18-11-7-13-24(18)19(25)17-10-5-4-9-16(17)15-8-6-12-22-14-15/h4-6,8-10,12,18H,7,11,13H2,1-3H3,(H,23,26). The number of alkyl carbamates (subject to hydrolysis) is 1. The highest BCUT2D eigenvalue weighted by molar-refractivity contribution is 6.01. The van der Waals surface area contributed by atoms with Crippen molar-refractivity contribution in [2.45, 2.75) is 45.4 Å². The Kier molecular flexibility index (Phi) is 5.44. The van der Waals surface area contributed by atoms with Crippen LogP contribution in [0.4, 0.5) is 4.79 Å². The highest BCUT2D eigenvalue weighted by Crippen LogP contribution is 2.26. The van der Waals surface area contributed by atoms with Crippen LogP contribution in [0, 0.1) is 6.20 Å². The lowest BCUT2D eigenvalue weighted by Gasteiger charge is -2.28. The van der Waals surface area contributed by atoms with Crippen molar-refractivity contribution in [3.63, 3.8) is 0 Å². The first-order valence-corrected chi connectivity index (χ1v) is 9.08. The normalized spacial score (nSPS) is 16.9. The number of nitrogens with zero attached hydrogens (tertiary/aromatic N) is 2. The maximum atomic E-state index is 13.2. The average Bonchev–Trinajstić information content (AvgIpc) is 3.08. The molecule has 1 fully saturated rings. The number of pyridine rings is 1. The van der Waals surface area contributed by atoms with Crippen LogP contribution in [0.5, 0.6) is 0 Å². The molecule has 1 unspecified atom stereocenters. The van der Waals surface area contributed by atoms with Crippen molar-refractivity contribution in [2.75, 3.05) is 6.54 Å². The smallest absolute Gasteiger partial charge is 0.409 e. The molecule has 1 atom stereocenters. The summed E-state index contributed by atoms with van der Waals surface area (Å²) < 4.78 is 5.33. The van der Waals surface area contributed by atoms with Gasteiger partial charge in [-0.15, -0.1) is 0 Å². The van der Waals surface area contributed by atoms with Crippen LogP contribution < -0.4 is 5.32 Å². The van der Waals surface area contributed by atoms with Gasteiger partial charge in [0.2, 0.25) is 0 Å². The number of nitrogens with one attached hydrogen (secondary N) is 1. The van der Waals surface area contributed by atoms with Crippen molar-refractivity contribution >= 4 is 12.0 Å². The van der Waals surface area contributed by atoms with Crippen LogP contribution in [0.1, 0.15) is 44.0 Å². The number of aromatic nitrogens is 1. The fraction of sp³-hybridized carbons (Fsp3) is 0.381. The Balaban J connectivity index is 1.80. The van der Waals surface area contributed by atoms with E-state index in [4.69, 9.17) is 4.74 Å². The first-order valence-electron chi connectivity index (χ1n) is 9.08.